The molecule has 19 heavy (non-hydrogen) atoms. The number of hydrogen-bond acceptors (Lipinski definition) is 2. The molecule has 0 aliphatic carbocycles. The lowest BCUT2D eigenvalue weighted by atomic mass is 10.2. The Bertz CT molecular complexity index is 596. The molecular formula is C14H12BrCl2NO. The molecule has 0 atom stereocenters. The number of nitrogens with one attached hydrogen (secondary N) is 1. The number of phenolic OH excluding ortho intramolecular Hbond substituents is 1. The van der Waals surface area contributed by atoms with Crippen LogP contribution in [0.25, 0.3) is 0 Å². The van der Waals surface area contributed by atoms with Crippen molar-refractivity contribution in [2.24, 2.45) is 0 Å². The van der Waals surface area contributed by atoms with Crippen molar-refractivity contribution in [1.82, 2.24) is 0 Å². The molecular weight excluding hydrogens is 349 g/mol. The summed E-state index contributed by atoms with van der Waals surface area (Å²) in [4.78, 5) is 0. The molecule has 0 saturated heterocycles. The second-order valence-electron chi connectivity index (χ2n) is 4.27. The van der Waals surface area contributed by atoms with Gasteiger partial charge in [-0.15, -0.1) is 0 Å². The summed E-state index contributed by atoms with van der Waals surface area (Å²) >= 11 is 15.3. The molecule has 0 bridgehead atoms. The Morgan fingerprint density at radius 2 is 1.89 bits per heavy atom. The first-order valence-corrected chi connectivity index (χ1v) is 7.18. The van der Waals surface area contributed by atoms with Gasteiger partial charge in [0, 0.05) is 27.3 Å². The third-order valence-electron chi connectivity index (χ3n) is 2.63. The maximum atomic E-state index is 9.87. The van der Waals surface area contributed by atoms with Crippen LogP contribution in [0.4, 0.5) is 5.69 Å². The molecule has 0 aliphatic rings. The summed E-state index contributed by atoms with van der Waals surface area (Å²) < 4.78 is 1.00. The topological polar surface area (TPSA) is 32.3 Å². The van der Waals surface area contributed by atoms with Crippen molar-refractivity contribution in [1.29, 1.82) is 0 Å². The number of phenols is 1. The van der Waals surface area contributed by atoms with Crippen molar-refractivity contribution < 1.29 is 5.11 Å². The molecule has 0 fully saturated rings. The third kappa shape index (κ3) is 3.78. The van der Waals surface area contributed by atoms with Crippen LogP contribution >= 0.6 is 39.1 Å². The largest absolute Gasteiger partial charge is 0.506 e. The van der Waals surface area contributed by atoms with Crippen molar-refractivity contribution in [2.45, 2.75) is 13.5 Å². The van der Waals surface area contributed by atoms with E-state index in [0.29, 0.717) is 17.1 Å². The van der Waals surface area contributed by atoms with Crippen LogP contribution in [0.3, 0.4) is 0 Å². The van der Waals surface area contributed by atoms with Gasteiger partial charge in [0.1, 0.15) is 5.75 Å². The molecule has 2 aromatic carbocycles. The van der Waals surface area contributed by atoms with Gasteiger partial charge in [0.15, 0.2) is 0 Å². The molecule has 0 amide bonds. The maximum absolute atomic E-state index is 9.87. The first kappa shape index (κ1) is 14.5. The second-order valence-corrected chi connectivity index (χ2v) is 6.03. The highest BCUT2D eigenvalue weighted by Crippen LogP contribution is 2.31. The standard InChI is InChI=1S/C14H12BrCl2NO/c1-8-2-10(15)5-12(3-8)18-7-9-4-11(16)6-13(17)14(9)19/h2-6,18-19H,7H2,1H3. The van der Waals surface area contributed by atoms with Gasteiger partial charge < -0.3 is 10.4 Å². The zero-order valence-electron chi connectivity index (χ0n) is 10.2. The fourth-order valence-electron chi connectivity index (χ4n) is 1.79. The Balaban J connectivity index is 2.19. The van der Waals surface area contributed by atoms with E-state index in [2.05, 4.69) is 21.2 Å². The van der Waals surface area contributed by atoms with Crippen LogP contribution in [0.2, 0.25) is 10.0 Å². The van der Waals surface area contributed by atoms with Crippen molar-refractivity contribution in [3.05, 3.63) is 56.0 Å². The summed E-state index contributed by atoms with van der Waals surface area (Å²) in [6.07, 6.45) is 0. The average Bonchev–Trinajstić information content (AvgIpc) is 2.30. The summed E-state index contributed by atoms with van der Waals surface area (Å²) in [5, 5.41) is 13.9. The highest BCUT2D eigenvalue weighted by molar-refractivity contribution is 9.10. The van der Waals surface area contributed by atoms with E-state index in [0.717, 1.165) is 15.7 Å². The van der Waals surface area contributed by atoms with Gasteiger partial charge in [-0.3, -0.25) is 0 Å². The van der Waals surface area contributed by atoms with Gasteiger partial charge >= 0.3 is 0 Å². The minimum Gasteiger partial charge on any atom is -0.506 e. The van der Waals surface area contributed by atoms with E-state index in [1.807, 2.05) is 25.1 Å². The molecule has 5 heteroatoms. The number of benzene rings is 2. The van der Waals surface area contributed by atoms with E-state index in [1.54, 1.807) is 6.07 Å². The van der Waals surface area contributed by atoms with E-state index in [9.17, 15) is 5.11 Å². The van der Waals surface area contributed by atoms with Gasteiger partial charge in [-0.2, -0.15) is 0 Å². The van der Waals surface area contributed by atoms with Gasteiger partial charge in [-0.05, 0) is 42.8 Å². The molecule has 2 N–H and O–H groups in total. The number of rotatable bonds is 3. The molecule has 0 aliphatic heterocycles. The lowest BCUT2D eigenvalue weighted by molar-refractivity contribution is 0.469. The predicted octanol–water partition coefficient (Wildman–Crippen LogP) is 5.38. The van der Waals surface area contributed by atoms with Gasteiger partial charge in [-0.1, -0.05) is 39.1 Å². The minimum absolute atomic E-state index is 0.0604. The molecule has 0 heterocycles. The van der Waals surface area contributed by atoms with Crippen LogP contribution in [-0.2, 0) is 6.54 Å². The number of halogens is 3. The highest BCUT2D eigenvalue weighted by Gasteiger charge is 2.08. The first-order valence-electron chi connectivity index (χ1n) is 5.63. The van der Waals surface area contributed by atoms with Gasteiger partial charge in [-0.25, -0.2) is 0 Å². The van der Waals surface area contributed by atoms with Crippen molar-refractivity contribution in [2.75, 3.05) is 5.32 Å². The second kappa shape index (κ2) is 6.04. The Kier molecular flexibility index (Phi) is 4.61. The molecule has 0 aromatic heterocycles. The lowest BCUT2D eigenvalue weighted by Crippen LogP contribution is -2.00. The summed E-state index contributed by atoms with van der Waals surface area (Å²) in [6, 6.07) is 9.23. The number of hydrogen-bond donors (Lipinski definition) is 2. The average molecular weight is 361 g/mol. The lowest BCUT2D eigenvalue weighted by Gasteiger charge is -2.11. The Morgan fingerprint density at radius 3 is 2.58 bits per heavy atom. The Hall–Kier alpha value is -0.900. The van der Waals surface area contributed by atoms with E-state index in [4.69, 9.17) is 23.2 Å². The minimum atomic E-state index is 0.0604. The monoisotopic (exact) mass is 359 g/mol. The van der Waals surface area contributed by atoms with Gasteiger partial charge in [0.2, 0.25) is 0 Å². The van der Waals surface area contributed by atoms with Crippen LogP contribution in [0.5, 0.6) is 5.75 Å². The molecule has 0 saturated carbocycles. The predicted molar refractivity (Wildman–Crippen MR) is 84.3 cm³/mol. The number of anilines is 1. The maximum Gasteiger partial charge on any atom is 0.139 e. The Morgan fingerprint density at radius 1 is 1.16 bits per heavy atom. The quantitative estimate of drug-likeness (QED) is 0.769. The van der Waals surface area contributed by atoms with Crippen molar-refractivity contribution >= 4 is 44.8 Å². The summed E-state index contributed by atoms with van der Waals surface area (Å²) in [5.74, 6) is 0.0604. The molecule has 2 nitrogen and oxygen atoms in total. The van der Waals surface area contributed by atoms with Crippen LogP contribution in [0.15, 0.2) is 34.8 Å². The third-order valence-corrected chi connectivity index (χ3v) is 3.60. The zero-order chi connectivity index (χ0) is 14.0. The van der Waals surface area contributed by atoms with Crippen LogP contribution in [0, 0.1) is 6.92 Å². The SMILES string of the molecule is Cc1cc(Br)cc(NCc2cc(Cl)cc(Cl)c2O)c1. The smallest absolute Gasteiger partial charge is 0.139 e. The summed E-state index contributed by atoms with van der Waals surface area (Å²) in [5.41, 5.74) is 2.77. The molecule has 2 aromatic rings. The van der Waals surface area contributed by atoms with E-state index in [-0.39, 0.29) is 10.8 Å². The molecule has 0 spiro atoms. The number of aryl methyl sites for hydroxylation is 1. The normalized spacial score (nSPS) is 10.5. The van der Waals surface area contributed by atoms with Crippen LogP contribution in [-0.4, -0.2) is 5.11 Å². The molecule has 0 unspecified atom stereocenters. The van der Waals surface area contributed by atoms with Crippen LogP contribution < -0.4 is 5.32 Å². The fraction of sp³-hybridized carbons (Fsp3) is 0.143. The first-order chi connectivity index (χ1) is 8.95. The van der Waals surface area contributed by atoms with Crippen molar-refractivity contribution in [3.63, 3.8) is 0 Å². The Labute approximate surface area is 130 Å². The summed E-state index contributed by atoms with van der Waals surface area (Å²) in [7, 11) is 0. The van der Waals surface area contributed by atoms with E-state index < -0.39 is 0 Å². The zero-order valence-corrected chi connectivity index (χ0v) is 13.3. The van der Waals surface area contributed by atoms with E-state index >= 15 is 0 Å². The molecule has 0 radical (unpaired) electrons. The number of aromatic hydroxyl groups is 1. The summed E-state index contributed by atoms with van der Waals surface area (Å²) in [6.45, 7) is 2.46. The van der Waals surface area contributed by atoms with Gasteiger partial charge in [0.05, 0.1) is 5.02 Å². The molecule has 2 rings (SSSR count). The van der Waals surface area contributed by atoms with Gasteiger partial charge in [0.25, 0.3) is 0 Å². The molecule has 100 valence electrons. The van der Waals surface area contributed by atoms with Crippen molar-refractivity contribution in [3.8, 4) is 5.75 Å². The highest BCUT2D eigenvalue weighted by atomic mass is 79.9. The van der Waals surface area contributed by atoms with Crippen LogP contribution in [0.1, 0.15) is 11.1 Å². The van der Waals surface area contributed by atoms with E-state index in [1.165, 1.54) is 6.07 Å². The fourth-order valence-corrected chi connectivity index (χ4v) is 2.93.